The summed E-state index contributed by atoms with van der Waals surface area (Å²) < 4.78 is 11.1. The minimum atomic E-state index is -0.837. The fourth-order valence-electron chi connectivity index (χ4n) is 6.39. The molecule has 0 aliphatic carbocycles. The summed E-state index contributed by atoms with van der Waals surface area (Å²) in [4.78, 5) is 50.4. The van der Waals surface area contributed by atoms with Gasteiger partial charge in [0.15, 0.2) is 13.2 Å². The largest absolute Gasteiger partial charge is 0.458 e. The van der Waals surface area contributed by atoms with E-state index in [1.807, 2.05) is 0 Å². The summed E-state index contributed by atoms with van der Waals surface area (Å²) in [5.74, 6) is -1.20. The maximum atomic E-state index is 12.4. The Kier molecular flexibility index (Phi) is 12.9. The highest BCUT2D eigenvalue weighted by atomic mass is 17.5. The molecule has 12 heteroatoms. The van der Waals surface area contributed by atoms with Crippen LogP contribution in [-0.4, -0.2) is 94.6 Å². The number of hydrogen-bond donors (Lipinski definition) is 0. The molecular formula is C32H60N2O10. The van der Waals surface area contributed by atoms with E-state index in [9.17, 15) is 9.59 Å². The van der Waals surface area contributed by atoms with Crippen LogP contribution < -0.4 is 0 Å². The molecule has 0 aromatic heterocycles. The first-order chi connectivity index (χ1) is 19.9. The first kappa shape index (κ1) is 38.8. The summed E-state index contributed by atoms with van der Waals surface area (Å²) in [5.41, 5.74) is -1.96. The molecule has 2 heterocycles. The van der Waals surface area contributed by atoms with Gasteiger partial charge in [-0.05, 0) is 136 Å². The molecule has 0 bridgehead atoms. The Labute approximate surface area is 265 Å². The average Bonchev–Trinajstić information content (AvgIpc) is 2.84. The highest BCUT2D eigenvalue weighted by Gasteiger charge is 2.45. The van der Waals surface area contributed by atoms with Crippen LogP contribution in [-0.2, 0) is 48.7 Å². The van der Waals surface area contributed by atoms with Gasteiger partial charge in [-0.2, -0.15) is 9.78 Å². The lowest BCUT2D eigenvalue weighted by Gasteiger charge is -2.52. The van der Waals surface area contributed by atoms with E-state index >= 15 is 0 Å². The van der Waals surface area contributed by atoms with Crippen molar-refractivity contribution in [3.63, 3.8) is 0 Å². The molecule has 0 radical (unpaired) electrons. The molecule has 2 aliphatic heterocycles. The lowest BCUT2D eigenvalue weighted by atomic mass is 9.79. The highest BCUT2D eigenvalue weighted by molar-refractivity contribution is 5.71. The molecule has 258 valence electrons. The fourth-order valence-corrected chi connectivity index (χ4v) is 6.39. The summed E-state index contributed by atoms with van der Waals surface area (Å²) in [6, 6.07) is 0. The lowest BCUT2D eigenvalue weighted by molar-refractivity contribution is -0.527. The van der Waals surface area contributed by atoms with E-state index < -0.39 is 36.4 Å². The van der Waals surface area contributed by atoms with E-state index in [1.54, 1.807) is 27.7 Å². The number of nitrogens with zero attached hydrogens (tertiary/aromatic N) is 2. The van der Waals surface area contributed by atoms with Gasteiger partial charge in [0.05, 0.1) is 12.2 Å². The van der Waals surface area contributed by atoms with E-state index in [0.29, 0.717) is 12.8 Å². The van der Waals surface area contributed by atoms with Gasteiger partial charge in [0, 0.05) is 22.2 Å². The molecule has 0 saturated carbocycles. The second-order valence-electron chi connectivity index (χ2n) is 16.2. The van der Waals surface area contributed by atoms with Crippen LogP contribution in [0.4, 0.5) is 0 Å². The predicted molar refractivity (Wildman–Crippen MR) is 164 cm³/mol. The van der Waals surface area contributed by atoms with E-state index in [2.05, 4.69) is 79.3 Å². The Morgan fingerprint density at radius 1 is 0.591 bits per heavy atom. The third-order valence-electron chi connectivity index (χ3n) is 9.45. The first-order valence-corrected chi connectivity index (χ1v) is 15.7. The van der Waals surface area contributed by atoms with Gasteiger partial charge in [-0.15, -0.1) is 0 Å². The van der Waals surface area contributed by atoms with Crippen molar-refractivity contribution in [2.75, 3.05) is 27.3 Å². The maximum absolute atomic E-state index is 12.4. The van der Waals surface area contributed by atoms with Gasteiger partial charge in [-0.1, -0.05) is 10.1 Å². The van der Waals surface area contributed by atoms with Crippen LogP contribution in [0.5, 0.6) is 0 Å². The van der Waals surface area contributed by atoms with Crippen LogP contribution in [0.2, 0.25) is 0 Å². The molecule has 0 atom stereocenters. The van der Waals surface area contributed by atoms with Crippen molar-refractivity contribution < 1.29 is 48.7 Å². The van der Waals surface area contributed by atoms with Gasteiger partial charge in [-0.3, -0.25) is 9.80 Å². The zero-order valence-corrected chi connectivity index (χ0v) is 29.8. The zero-order valence-electron chi connectivity index (χ0n) is 29.8. The number of ether oxygens (including phenoxy) is 2. The second-order valence-corrected chi connectivity index (χ2v) is 16.2. The maximum Gasteiger partial charge on any atom is 0.336 e. The van der Waals surface area contributed by atoms with Crippen molar-refractivity contribution in [1.82, 2.24) is 9.80 Å². The number of likely N-dealkylation sites (tertiary alicyclic amines) is 2. The van der Waals surface area contributed by atoms with Crippen LogP contribution >= 0.6 is 0 Å². The quantitative estimate of drug-likeness (QED) is 0.0987. The lowest BCUT2D eigenvalue weighted by Crippen LogP contribution is -2.60. The molecule has 0 spiro atoms. The molecule has 0 N–H and O–H groups in total. The summed E-state index contributed by atoms with van der Waals surface area (Å²) in [6.07, 6.45) is 3.56. The van der Waals surface area contributed by atoms with E-state index in [0.717, 1.165) is 25.7 Å². The van der Waals surface area contributed by atoms with Gasteiger partial charge >= 0.3 is 11.9 Å². The minimum Gasteiger partial charge on any atom is -0.458 e. The van der Waals surface area contributed by atoms with Crippen molar-refractivity contribution in [2.45, 2.75) is 167 Å². The Hall–Kier alpha value is -1.38. The standard InChI is InChI=1S/C32H60N2O10/c1-27(2)17-23(18-28(3,4)33(27)13)41-43-37-21-25(35)39-31(9,10)15-16-32(11,12)40-26(36)22-38-44-42-24-19-29(5,6)34(14)30(7,8)20-24/h23-24H,15-22H2,1-14H3. The molecule has 12 nitrogen and oxygen atoms in total. The highest BCUT2D eigenvalue weighted by Crippen LogP contribution is 2.39. The zero-order chi connectivity index (χ0) is 33.8. The molecule has 2 aliphatic rings. The molecule has 2 rings (SSSR count). The molecular weight excluding hydrogens is 572 g/mol. The normalized spacial score (nSPS) is 23.0. The van der Waals surface area contributed by atoms with Crippen LogP contribution in [0.1, 0.15) is 122 Å². The van der Waals surface area contributed by atoms with Crippen molar-refractivity contribution in [1.29, 1.82) is 0 Å². The fraction of sp³-hybridized carbons (Fsp3) is 0.938. The number of carbonyl (C=O) groups excluding carboxylic acids is 2. The molecule has 2 saturated heterocycles. The summed E-state index contributed by atoms with van der Waals surface area (Å²) in [5, 5.41) is 9.85. The molecule has 2 fully saturated rings. The van der Waals surface area contributed by atoms with Crippen molar-refractivity contribution >= 4 is 11.9 Å². The third kappa shape index (κ3) is 11.8. The van der Waals surface area contributed by atoms with Crippen LogP contribution in [0, 0.1) is 0 Å². The van der Waals surface area contributed by atoms with Crippen molar-refractivity contribution in [2.24, 2.45) is 0 Å². The van der Waals surface area contributed by atoms with Crippen molar-refractivity contribution in [3.8, 4) is 0 Å². The Morgan fingerprint density at radius 3 is 1.14 bits per heavy atom. The number of esters is 2. The molecule has 0 aromatic carbocycles. The van der Waals surface area contributed by atoms with E-state index in [-0.39, 0.29) is 34.4 Å². The van der Waals surface area contributed by atoms with Crippen LogP contribution in [0.3, 0.4) is 0 Å². The number of rotatable bonds is 15. The minimum absolute atomic E-state index is 0.0718. The van der Waals surface area contributed by atoms with Gasteiger partial charge in [0.25, 0.3) is 0 Å². The van der Waals surface area contributed by atoms with E-state index in [4.69, 9.17) is 39.1 Å². The Morgan fingerprint density at radius 2 is 0.864 bits per heavy atom. The third-order valence-corrected chi connectivity index (χ3v) is 9.45. The average molecular weight is 633 g/mol. The second kappa shape index (κ2) is 14.6. The molecule has 0 amide bonds. The number of hydrogen-bond acceptors (Lipinski definition) is 12. The van der Waals surface area contributed by atoms with Crippen molar-refractivity contribution in [3.05, 3.63) is 0 Å². The summed E-state index contributed by atoms with van der Waals surface area (Å²) in [6.45, 7) is 23.5. The first-order valence-electron chi connectivity index (χ1n) is 15.7. The van der Waals surface area contributed by atoms with Crippen LogP contribution in [0.15, 0.2) is 0 Å². The van der Waals surface area contributed by atoms with Crippen LogP contribution in [0.25, 0.3) is 0 Å². The smallest absolute Gasteiger partial charge is 0.336 e. The predicted octanol–water partition coefficient (Wildman–Crippen LogP) is 5.47. The summed E-state index contributed by atoms with van der Waals surface area (Å²) in [7, 11) is 4.21. The number of piperidine rings is 2. The summed E-state index contributed by atoms with van der Waals surface area (Å²) >= 11 is 0. The van der Waals surface area contributed by atoms with Gasteiger partial charge in [-0.25, -0.2) is 19.4 Å². The monoisotopic (exact) mass is 632 g/mol. The number of carbonyl (C=O) groups is 2. The SMILES string of the molecule is CN1C(C)(C)CC(OOOCC(=O)OC(C)(C)CCC(C)(C)OC(=O)COOOC2CC(C)(C)N(C)C(C)(C)C2)CC1(C)C. The van der Waals surface area contributed by atoms with E-state index in [1.165, 1.54) is 0 Å². The van der Waals surface area contributed by atoms with Gasteiger partial charge < -0.3 is 9.47 Å². The van der Waals surface area contributed by atoms with Gasteiger partial charge in [0.2, 0.25) is 0 Å². The Bertz CT molecular complexity index is 851. The Balaban J connectivity index is 1.65. The molecule has 44 heavy (non-hydrogen) atoms. The topological polar surface area (TPSA) is 114 Å². The molecule has 0 aromatic rings. The molecule has 0 unspecified atom stereocenters. The van der Waals surface area contributed by atoms with Gasteiger partial charge in [0.1, 0.15) is 11.2 Å².